The number of aromatic nitrogens is 2. The summed E-state index contributed by atoms with van der Waals surface area (Å²) >= 11 is 0. The van der Waals surface area contributed by atoms with Crippen LogP contribution >= 0.6 is 0 Å². The van der Waals surface area contributed by atoms with Crippen LogP contribution in [0, 0.1) is 13.8 Å². The molecule has 4 heteroatoms. The standard InChI is InChI=1S/C10H10N2O2/c1-6-4-3-5-8-9(10(13)14)7(2)11-12(6)8/h3-5H,1-2H3,(H,13,14). The normalized spacial score (nSPS) is 10.7. The van der Waals surface area contributed by atoms with Crippen LogP contribution in [0.4, 0.5) is 0 Å². The molecule has 72 valence electrons. The Hall–Kier alpha value is -1.84. The zero-order valence-electron chi connectivity index (χ0n) is 7.98. The number of rotatable bonds is 1. The number of aromatic carboxylic acids is 1. The van der Waals surface area contributed by atoms with Crippen molar-refractivity contribution in [2.75, 3.05) is 0 Å². The van der Waals surface area contributed by atoms with E-state index >= 15 is 0 Å². The fraction of sp³-hybridized carbons (Fsp3) is 0.200. The molecule has 0 spiro atoms. The minimum Gasteiger partial charge on any atom is -0.478 e. The molecule has 2 rings (SSSR count). The predicted molar refractivity (Wildman–Crippen MR) is 51.6 cm³/mol. The molecule has 0 radical (unpaired) electrons. The average Bonchev–Trinajstić information content (AvgIpc) is 2.42. The summed E-state index contributed by atoms with van der Waals surface area (Å²) in [6.07, 6.45) is 0. The number of aryl methyl sites for hydroxylation is 2. The summed E-state index contributed by atoms with van der Waals surface area (Å²) in [7, 11) is 0. The molecular formula is C10H10N2O2. The average molecular weight is 190 g/mol. The topological polar surface area (TPSA) is 54.6 Å². The Morgan fingerprint density at radius 3 is 2.79 bits per heavy atom. The quantitative estimate of drug-likeness (QED) is 0.743. The SMILES string of the molecule is Cc1nn2c(C)cccc2c1C(=O)O. The molecule has 0 bridgehead atoms. The van der Waals surface area contributed by atoms with Crippen molar-refractivity contribution in [3.8, 4) is 0 Å². The number of hydrogen-bond acceptors (Lipinski definition) is 2. The largest absolute Gasteiger partial charge is 0.478 e. The third-order valence-electron chi connectivity index (χ3n) is 2.24. The minimum atomic E-state index is -0.928. The Labute approximate surface area is 80.8 Å². The Morgan fingerprint density at radius 2 is 2.14 bits per heavy atom. The molecule has 14 heavy (non-hydrogen) atoms. The van der Waals surface area contributed by atoms with Gasteiger partial charge >= 0.3 is 5.97 Å². The number of carboxylic acid groups (broad SMARTS) is 1. The van der Waals surface area contributed by atoms with E-state index in [0.29, 0.717) is 11.2 Å². The van der Waals surface area contributed by atoms with Gasteiger partial charge in [-0.2, -0.15) is 5.10 Å². The Bertz CT molecular complexity index is 514. The molecule has 0 saturated heterocycles. The maximum absolute atomic E-state index is 11.0. The Kier molecular flexibility index (Phi) is 1.77. The van der Waals surface area contributed by atoms with Crippen LogP contribution in [-0.4, -0.2) is 20.7 Å². The first-order valence-electron chi connectivity index (χ1n) is 4.29. The molecule has 2 aromatic heterocycles. The zero-order chi connectivity index (χ0) is 10.3. The number of carboxylic acids is 1. The van der Waals surface area contributed by atoms with E-state index in [1.807, 2.05) is 19.1 Å². The monoisotopic (exact) mass is 190 g/mol. The number of pyridine rings is 1. The van der Waals surface area contributed by atoms with E-state index in [-0.39, 0.29) is 5.56 Å². The molecule has 0 aliphatic heterocycles. The third-order valence-corrected chi connectivity index (χ3v) is 2.24. The lowest BCUT2D eigenvalue weighted by atomic mass is 10.2. The Morgan fingerprint density at radius 1 is 1.43 bits per heavy atom. The van der Waals surface area contributed by atoms with E-state index in [1.54, 1.807) is 17.5 Å². The van der Waals surface area contributed by atoms with Crippen molar-refractivity contribution in [1.82, 2.24) is 9.61 Å². The van der Waals surface area contributed by atoms with Crippen molar-refractivity contribution in [2.45, 2.75) is 13.8 Å². The molecule has 0 amide bonds. The molecule has 4 nitrogen and oxygen atoms in total. The zero-order valence-corrected chi connectivity index (χ0v) is 7.98. The van der Waals surface area contributed by atoms with Gasteiger partial charge in [0.2, 0.25) is 0 Å². The lowest BCUT2D eigenvalue weighted by Crippen LogP contribution is -1.97. The summed E-state index contributed by atoms with van der Waals surface area (Å²) in [6.45, 7) is 3.60. The van der Waals surface area contributed by atoms with E-state index < -0.39 is 5.97 Å². The Balaban J connectivity index is 2.90. The van der Waals surface area contributed by atoms with Crippen LogP contribution in [-0.2, 0) is 0 Å². The van der Waals surface area contributed by atoms with Crippen LogP contribution in [0.1, 0.15) is 21.7 Å². The van der Waals surface area contributed by atoms with Crippen LogP contribution in [0.2, 0.25) is 0 Å². The molecule has 1 N–H and O–H groups in total. The molecule has 0 aliphatic carbocycles. The van der Waals surface area contributed by atoms with Gasteiger partial charge in [-0.3, -0.25) is 0 Å². The third kappa shape index (κ3) is 1.08. The summed E-state index contributed by atoms with van der Waals surface area (Å²) in [4.78, 5) is 11.0. The summed E-state index contributed by atoms with van der Waals surface area (Å²) in [5.41, 5.74) is 2.41. The van der Waals surface area contributed by atoms with Crippen molar-refractivity contribution < 1.29 is 9.90 Å². The smallest absolute Gasteiger partial charge is 0.339 e. The predicted octanol–water partition coefficient (Wildman–Crippen LogP) is 1.65. The number of fused-ring (bicyclic) bond motifs is 1. The van der Waals surface area contributed by atoms with Crippen molar-refractivity contribution in [2.24, 2.45) is 0 Å². The number of nitrogens with zero attached hydrogens (tertiary/aromatic N) is 2. The van der Waals surface area contributed by atoms with Crippen molar-refractivity contribution in [3.05, 3.63) is 35.2 Å². The molecule has 0 aliphatic rings. The van der Waals surface area contributed by atoms with Crippen molar-refractivity contribution in [1.29, 1.82) is 0 Å². The highest BCUT2D eigenvalue weighted by Gasteiger charge is 2.15. The van der Waals surface area contributed by atoms with Crippen molar-refractivity contribution in [3.63, 3.8) is 0 Å². The van der Waals surface area contributed by atoms with Gasteiger partial charge in [0.25, 0.3) is 0 Å². The first kappa shape index (κ1) is 8.74. The van der Waals surface area contributed by atoms with Gasteiger partial charge in [0, 0.05) is 5.69 Å². The molecule has 0 atom stereocenters. The van der Waals surface area contributed by atoms with Crippen LogP contribution < -0.4 is 0 Å². The van der Waals surface area contributed by atoms with E-state index in [1.165, 1.54) is 0 Å². The number of hydrogen-bond donors (Lipinski definition) is 1. The summed E-state index contributed by atoms with van der Waals surface area (Å²) in [5.74, 6) is -0.928. The van der Waals surface area contributed by atoms with E-state index in [2.05, 4.69) is 5.10 Å². The van der Waals surface area contributed by atoms with Crippen molar-refractivity contribution >= 4 is 11.5 Å². The van der Waals surface area contributed by atoms with E-state index in [4.69, 9.17) is 5.11 Å². The molecule has 0 unspecified atom stereocenters. The van der Waals surface area contributed by atoms with Gasteiger partial charge in [0.1, 0.15) is 5.56 Å². The number of carbonyl (C=O) groups is 1. The molecular weight excluding hydrogens is 180 g/mol. The van der Waals surface area contributed by atoms with E-state index in [0.717, 1.165) is 5.69 Å². The summed E-state index contributed by atoms with van der Waals surface area (Å²) in [5, 5.41) is 13.2. The van der Waals surface area contributed by atoms with Crippen LogP contribution in [0.5, 0.6) is 0 Å². The molecule has 0 fully saturated rings. The minimum absolute atomic E-state index is 0.286. The first-order valence-corrected chi connectivity index (χ1v) is 4.29. The second-order valence-electron chi connectivity index (χ2n) is 3.23. The molecule has 2 heterocycles. The summed E-state index contributed by atoms with van der Waals surface area (Å²) in [6, 6.07) is 5.49. The second kappa shape index (κ2) is 2.83. The molecule has 0 saturated carbocycles. The second-order valence-corrected chi connectivity index (χ2v) is 3.23. The van der Waals surface area contributed by atoms with E-state index in [9.17, 15) is 4.79 Å². The maximum atomic E-state index is 11.0. The molecule has 2 aromatic rings. The fourth-order valence-corrected chi connectivity index (χ4v) is 1.58. The highest BCUT2D eigenvalue weighted by molar-refractivity contribution is 5.96. The van der Waals surface area contributed by atoms with Gasteiger partial charge in [0.05, 0.1) is 11.2 Å². The highest BCUT2D eigenvalue weighted by Crippen LogP contribution is 2.16. The van der Waals surface area contributed by atoms with Gasteiger partial charge in [0.15, 0.2) is 0 Å². The van der Waals surface area contributed by atoms with Crippen LogP contribution in [0.3, 0.4) is 0 Å². The van der Waals surface area contributed by atoms with Gasteiger partial charge in [-0.05, 0) is 26.0 Å². The van der Waals surface area contributed by atoms with Crippen LogP contribution in [0.15, 0.2) is 18.2 Å². The van der Waals surface area contributed by atoms with Gasteiger partial charge in [-0.15, -0.1) is 0 Å². The lowest BCUT2D eigenvalue weighted by Gasteiger charge is -1.97. The van der Waals surface area contributed by atoms with Gasteiger partial charge in [-0.25, -0.2) is 9.31 Å². The summed E-state index contributed by atoms with van der Waals surface area (Å²) < 4.78 is 1.65. The molecule has 0 aromatic carbocycles. The highest BCUT2D eigenvalue weighted by atomic mass is 16.4. The van der Waals surface area contributed by atoms with Gasteiger partial charge in [-0.1, -0.05) is 6.07 Å². The maximum Gasteiger partial charge on any atom is 0.339 e. The first-order chi connectivity index (χ1) is 6.61. The fourth-order valence-electron chi connectivity index (χ4n) is 1.58. The van der Waals surface area contributed by atoms with Gasteiger partial charge < -0.3 is 5.11 Å². The lowest BCUT2D eigenvalue weighted by molar-refractivity contribution is 0.0698. The van der Waals surface area contributed by atoms with Crippen LogP contribution in [0.25, 0.3) is 5.52 Å².